The van der Waals surface area contributed by atoms with E-state index < -0.39 is 0 Å². The molecule has 0 saturated heterocycles. The maximum absolute atomic E-state index is 6.37. The number of aromatic nitrogens is 1. The van der Waals surface area contributed by atoms with Crippen molar-refractivity contribution in [3.8, 4) is 0 Å². The van der Waals surface area contributed by atoms with Gasteiger partial charge in [0.2, 0.25) is 0 Å². The SMILES string of the molecule is CCCNCc1cnc(N(C)C(C)C2CC2)c(Cl)c1. The highest BCUT2D eigenvalue weighted by atomic mass is 35.5. The highest BCUT2D eigenvalue weighted by molar-refractivity contribution is 6.33. The molecule has 1 aliphatic carbocycles. The van der Waals surface area contributed by atoms with Crippen molar-refractivity contribution in [2.45, 2.75) is 45.7 Å². The van der Waals surface area contributed by atoms with Crippen LogP contribution < -0.4 is 10.2 Å². The zero-order valence-electron chi connectivity index (χ0n) is 12.1. The topological polar surface area (TPSA) is 28.2 Å². The van der Waals surface area contributed by atoms with Crippen molar-refractivity contribution in [1.29, 1.82) is 0 Å². The lowest BCUT2D eigenvalue weighted by Gasteiger charge is -2.26. The predicted molar refractivity (Wildman–Crippen MR) is 81.8 cm³/mol. The minimum absolute atomic E-state index is 0.522. The van der Waals surface area contributed by atoms with Gasteiger partial charge in [-0.1, -0.05) is 18.5 Å². The lowest BCUT2D eigenvalue weighted by molar-refractivity contribution is 0.603. The molecule has 0 radical (unpaired) electrons. The van der Waals surface area contributed by atoms with Crippen LogP contribution in [0.1, 0.15) is 38.7 Å². The molecule has 0 bridgehead atoms. The number of halogens is 1. The second-order valence-corrected chi connectivity index (χ2v) is 5.92. The number of hydrogen-bond acceptors (Lipinski definition) is 3. The quantitative estimate of drug-likeness (QED) is 0.776. The van der Waals surface area contributed by atoms with Crippen molar-refractivity contribution < 1.29 is 0 Å². The zero-order chi connectivity index (χ0) is 13.8. The van der Waals surface area contributed by atoms with E-state index in [4.69, 9.17) is 11.6 Å². The average molecular weight is 282 g/mol. The summed E-state index contributed by atoms with van der Waals surface area (Å²) in [7, 11) is 2.09. The fourth-order valence-corrected chi connectivity index (χ4v) is 2.65. The third kappa shape index (κ3) is 3.83. The Bertz CT molecular complexity index is 418. The number of anilines is 1. The molecular formula is C15H24ClN3. The Kier molecular flexibility index (Phi) is 5.06. The highest BCUT2D eigenvalue weighted by Gasteiger charge is 2.31. The summed E-state index contributed by atoms with van der Waals surface area (Å²) >= 11 is 6.37. The van der Waals surface area contributed by atoms with E-state index in [1.165, 1.54) is 12.8 Å². The smallest absolute Gasteiger partial charge is 0.147 e. The summed E-state index contributed by atoms with van der Waals surface area (Å²) in [4.78, 5) is 6.75. The first kappa shape index (κ1) is 14.6. The summed E-state index contributed by atoms with van der Waals surface area (Å²) < 4.78 is 0. The molecule has 1 fully saturated rings. The van der Waals surface area contributed by atoms with Gasteiger partial charge in [-0.2, -0.15) is 0 Å². The third-order valence-electron chi connectivity index (χ3n) is 3.88. The summed E-state index contributed by atoms with van der Waals surface area (Å²) in [5.74, 6) is 1.72. The van der Waals surface area contributed by atoms with Crippen molar-refractivity contribution >= 4 is 17.4 Å². The molecule has 1 aliphatic rings. The van der Waals surface area contributed by atoms with Crippen LogP contribution in [0.25, 0.3) is 0 Å². The Hall–Kier alpha value is -0.800. The Morgan fingerprint density at radius 2 is 2.26 bits per heavy atom. The van der Waals surface area contributed by atoms with Crippen molar-refractivity contribution in [2.24, 2.45) is 5.92 Å². The second kappa shape index (κ2) is 6.58. The Morgan fingerprint density at radius 1 is 1.53 bits per heavy atom. The van der Waals surface area contributed by atoms with Gasteiger partial charge in [-0.15, -0.1) is 0 Å². The molecule has 0 aromatic carbocycles. The van der Waals surface area contributed by atoms with Crippen LogP contribution in [0.4, 0.5) is 5.82 Å². The fourth-order valence-electron chi connectivity index (χ4n) is 2.32. The lowest BCUT2D eigenvalue weighted by atomic mass is 10.2. The maximum Gasteiger partial charge on any atom is 0.147 e. The molecule has 2 rings (SSSR count). The molecule has 1 aromatic heterocycles. The molecule has 4 heteroatoms. The van der Waals surface area contributed by atoms with Crippen LogP contribution in [0.2, 0.25) is 5.02 Å². The van der Waals surface area contributed by atoms with Gasteiger partial charge >= 0.3 is 0 Å². The van der Waals surface area contributed by atoms with Gasteiger partial charge in [0.25, 0.3) is 0 Å². The minimum Gasteiger partial charge on any atom is -0.355 e. The number of nitrogens with one attached hydrogen (secondary N) is 1. The number of pyridine rings is 1. The van der Waals surface area contributed by atoms with Gasteiger partial charge in [0.1, 0.15) is 5.82 Å². The van der Waals surface area contributed by atoms with Crippen LogP contribution in [0, 0.1) is 5.92 Å². The largest absolute Gasteiger partial charge is 0.355 e. The van der Waals surface area contributed by atoms with E-state index >= 15 is 0 Å². The molecule has 1 saturated carbocycles. The van der Waals surface area contributed by atoms with Crippen LogP contribution in [0.3, 0.4) is 0 Å². The van der Waals surface area contributed by atoms with Crippen LogP contribution in [0.5, 0.6) is 0 Å². The molecular weight excluding hydrogens is 258 g/mol. The second-order valence-electron chi connectivity index (χ2n) is 5.51. The summed E-state index contributed by atoms with van der Waals surface area (Å²) in [6.07, 6.45) is 5.74. The zero-order valence-corrected chi connectivity index (χ0v) is 12.9. The van der Waals surface area contributed by atoms with Gasteiger partial charge in [0, 0.05) is 25.8 Å². The molecule has 1 N–H and O–H groups in total. The average Bonchev–Trinajstić information content (AvgIpc) is 3.22. The van der Waals surface area contributed by atoms with Gasteiger partial charge in [0.05, 0.1) is 5.02 Å². The summed E-state index contributed by atoms with van der Waals surface area (Å²) in [6, 6.07) is 2.55. The molecule has 1 aromatic rings. The molecule has 19 heavy (non-hydrogen) atoms. The Balaban J connectivity index is 2.01. The van der Waals surface area contributed by atoms with Gasteiger partial charge < -0.3 is 10.2 Å². The van der Waals surface area contributed by atoms with E-state index in [2.05, 4.69) is 36.1 Å². The summed E-state index contributed by atoms with van der Waals surface area (Å²) in [5, 5.41) is 4.12. The Labute approximate surface area is 121 Å². The van der Waals surface area contributed by atoms with Crippen LogP contribution >= 0.6 is 11.6 Å². The van der Waals surface area contributed by atoms with Crippen molar-refractivity contribution in [3.63, 3.8) is 0 Å². The molecule has 3 nitrogen and oxygen atoms in total. The monoisotopic (exact) mass is 281 g/mol. The maximum atomic E-state index is 6.37. The van der Waals surface area contributed by atoms with E-state index in [0.717, 1.165) is 41.8 Å². The summed E-state index contributed by atoms with van der Waals surface area (Å²) in [6.45, 7) is 6.28. The number of nitrogens with zero attached hydrogens (tertiary/aromatic N) is 2. The van der Waals surface area contributed by atoms with Gasteiger partial charge in [0.15, 0.2) is 0 Å². The fraction of sp³-hybridized carbons (Fsp3) is 0.667. The van der Waals surface area contributed by atoms with Crippen molar-refractivity contribution in [2.75, 3.05) is 18.5 Å². The van der Waals surface area contributed by atoms with Crippen LogP contribution in [0.15, 0.2) is 12.3 Å². The first-order valence-electron chi connectivity index (χ1n) is 7.21. The third-order valence-corrected chi connectivity index (χ3v) is 4.16. The first-order chi connectivity index (χ1) is 9.13. The standard InChI is InChI=1S/C15H24ClN3/c1-4-7-17-9-12-8-14(16)15(18-10-12)19(3)11(2)13-5-6-13/h8,10-11,13,17H,4-7,9H2,1-3H3. The molecule has 0 aliphatic heterocycles. The van der Waals surface area contributed by atoms with Gasteiger partial charge in [-0.25, -0.2) is 4.98 Å². The summed E-state index contributed by atoms with van der Waals surface area (Å²) in [5.41, 5.74) is 1.15. The highest BCUT2D eigenvalue weighted by Crippen LogP contribution is 2.37. The van der Waals surface area contributed by atoms with E-state index in [1.807, 2.05) is 12.3 Å². The van der Waals surface area contributed by atoms with E-state index in [9.17, 15) is 0 Å². The molecule has 1 atom stereocenters. The molecule has 106 valence electrons. The number of rotatable bonds is 7. The lowest BCUT2D eigenvalue weighted by Crippen LogP contribution is -2.31. The van der Waals surface area contributed by atoms with Gasteiger partial charge in [-0.3, -0.25) is 0 Å². The van der Waals surface area contributed by atoms with E-state index in [0.29, 0.717) is 6.04 Å². The molecule has 1 heterocycles. The molecule has 1 unspecified atom stereocenters. The van der Waals surface area contributed by atoms with Crippen molar-refractivity contribution in [1.82, 2.24) is 10.3 Å². The minimum atomic E-state index is 0.522. The number of hydrogen-bond donors (Lipinski definition) is 1. The predicted octanol–water partition coefficient (Wildman–Crippen LogP) is 3.47. The van der Waals surface area contributed by atoms with Crippen molar-refractivity contribution in [3.05, 3.63) is 22.8 Å². The van der Waals surface area contributed by atoms with Gasteiger partial charge in [-0.05, 0) is 50.3 Å². The molecule has 0 amide bonds. The molecule has 0 spiro atoms. The van der Waals surface area contributed by atoms with Crippen LogP contribution in [-0.2, 0) is 6.54 Å². The van der Waals surface area contributed by atoms with Crippen LogP contribution in [-0.4, -0.2) is 24.6 Å². The first-order valence-corrected chi connectivity index (χ1v) is 7.59. The van der Waals surface area contributed by atoms with E-state index in [-0.39, 0.29) is 0 Å². The van der Waals surface area contributed by atoms with E-state index in [1.54, 1.807) is 0 Å². The Morgan fingerprint density at radius 3 is 2.84 bits per heavy atom. The normalized spacial score (nSPS) is 16.4.